The van der Waals surface area contributed by atoms with Gasteiger partial charge in [-0.05, 0) is 46.8 Å². The average molecular weight is 346 g/mol. The molecule has 1 aromatic heterocycles. The van der Waals surface area contributed by atoms with Crippen molar-refractivity contribution in [2.75, 3.05) is 6.54 Å². The second-order valence-corrected chi connectivity index (χ2v) is 7.50. The summed E-state index contributed by atoms with van der Waals surface area (Å²) < 4.78 is 0.984. The molecule has 0 bridgehead atoms. The predicted molar refractivity (Wildman–Crippen MR) is 77.3 cm³/mol. The molecule has 6 heteroatoms. The third-order valence-corrected chi connectivity index (χ3v) is 5.05. The number of likely N-dealkylation sites (tertiary alicyclic amines) is 1. The number of amides is 1. The van der Waals surface area contributed by atoms with E-state index in [1.807, 2.05) is 19.1 Å². The first-order chi connectivity index (χ1) is 8.97. The van der Waals surface area contributed by atoms with Crippen LogP contribution in [0.3, 0.4) is 0 Å². The van der Waals surface area contributed by atoms with Gasteiger partial charge >= 0.3 is 5.97 Å². The van der Waals surface area contributed by atoms with Gasteiger partial charge in [-0.2, -0.15) is 0 Å². The number of thiophene rings is 1. The minimum Gasteiger partial charge on any atom is -0.480 e. The highest BCUT2D eigenvalue weighted by molar-refractivity contribution is 9.11. The highest BCUT2D eigenvalue weighted by atomic mass is 79.9. The van der Waals surface area contributed by atoms with Crippen molar-refractivity contribution in [1.29, 1.82) is 0 Å². The quantitative estimate of drug-likeness (QED) is 0.916. The summed E-state index contributed by atoms with van der Waals surface area (Å²) >= 11 is 4.87. The predicted octanol–water partition coefficient (Wildman–Crippen LogP) is 2.76. The third-order valence-electron chi connectivity index (χ3n) is 3.42. The Labute approximate surface area is 124 Å². The Morgan fingerprint density at radius 1 is 1.53 bits per heavy atom. The lowest BCUT2D eigenvalue weighted by molar-refractivity contribution is -0.152. The fourth-order valence-corrected chi connectivity index (χ4v) is 3.85. The summed E-state index contributed by atoms with van der Waals surface area (Å²) in [5, 5.41) is 9.25. The van der Waals surface area contributed by atoms with Crippen LogP contribution in [-0.2, 0) is 16.0 Å². The van der Waals surface area contributed by atoms with E-state index in [4.69, 9.17) is 0 Å². The number of nitrogens with zero attached hydrogens (tertiary/aromatic N) is 1. The molecule has 2 heterocycles. The number of rotatable bonds is 3. The van der Waals surface area contributed by atoms with Gasteiger partial charge in [0.05, 0.1) is 10.2 Å². The van der Waals surface area contributed by atoms with E-state index >= 15 is 0 Å². The molecule has 1 aliphatic rings. The molecule has 0 aromatic carbocycles. The maximum atomic E-state index is 12.3. The molecule has 1 aliphatic heterocycles. The summed E-state index contributed by atoms with van der Waals surface area (Å²) in [4.78, 5) is 26.0. The van der Waals surface area contributed by atoms with Gasteiger partial charge in [0.2, 0.25) is 5.91 Å². The molecule has 0 aliphatic carbocycles. The molecule has 1 N–H and O–H groups in total. The van der Waals surface area contributed by atoms with Crippen molar-refractivity contribution >= 4 is 39.1 Å². The third kappa shape index (κ3) is 3.57. The highest BCUT2D eigenvalue weighted by Crippen LogP contribution is 2.26. The Kier molecular flexibility index (Phi) is 4.62. The van der Waals surface area contributed by atoms with Crippen LogP contribution in [-0.4, -0.2) is 34.5 Å². The van der Waals surface area contributed by atoms with Gasteiger partial charge in [-0.1, -0.05) is 6.92 Å². The molecule has 104 valence electrons. The molecular formula is C13H16BrNO3S. The first-order valence-corrected chi connectivity index (χ1v) is 7.85. The smallest absolute Gasteiger partial charge is 0.326 e. The summed E-state index contributed by atoms with van der Waals surface area (Å²) in [5.74, 6) is -0.623. The maximum absolute atomic E-state index is 12.3. The summed E-state index contributed by atoms with van der Waals surface area (Å²) in [7, 11) is 0. The molecule has 2 unspecified atom stereocenters. The minimum atomic E-state index is -0.896. The van der Waals surface area contributed by atoms with Gasteiger partial charge in [-0.25, -0.2) is 4.79 Å². The van der Waals surface area contributed by atoms with Crippen molar-refractivity contribution in [3.05, 3.63) is 20.8 Å². The van der Waals surface area contributed by atoms with Gasteiger partial charge < -0.3 is 10.0 Å². The molecule has 2 atom stereocenters. The Morgan fingerprint density at radius 3 is 2.84 bits per heavy atom. The van der Waals surface area contributed by atoms with Crippen LogP contribution >= 0.6 is 27.3 Å². The second-order valence-electron chi connectivity index (χ2n) is 4.95. The number of carboxylic acid groups (broad SMARTS) is 1. The van der Waals surface area contributed by atoms with Crippen LogP contribution < -0.4 is 0 Å². The Hall–Kier alpha value is -0.880. The van der Waals surface area contributed by atoms with Crippen molar-refractivity contribution in [3.63, 3.8) is 0 Å². The minimum absolute atomic E-state index is 0.0892. The summed E-state index contributed by atoms with van der Waals surface area (Å²) in [5.41, 5.74) is 0. The summed E-state index contributed by atoms with van der Waals surface area (Å²) in [6.07, 6.45) is 1.72. The number of carbonyl (C=O) groups excluding carboxylic acids is 1. The van der Waals surface area contributed by atoms with Crippen LogP contribution in [0.1, 0.15) is 24.6 Å². The lowest BCUT2D eigenvalue weighted by Gasteiger charge is -2.36. The van der Waals surface area contributed by atoms with E-state index in [9.17, 15) is 14.7 Å². The first-order valence-electron chi connectivity index (χ1n) is 6.24. The molecular weight excluding hydrogens is 330 g/mol. The Morgan fingerprint density at radius 2 is 2.26 bits per heavy atom. The van der Waals surface area contributed by atoms with E-state index in [0.29, 0.717) is 18.9 Å². The van der Waals surface area contributed by atoms with Crippen molar-refractivity contribution in [2.45, 2.75) is 32.2 Å². The largest absolute Gasteiger partial charge is 0.480 e. The number of carboxylic acids is 1. The van der Waals surface area contributed by atoms with Gasteiger partial charge in [-0.15, -0.1) is 11.3 Å². The number of hydrogen-bond acceptors (Lipinski definition) is 3. The number of piperidine rings is 1. The van der Waals surface area contributed by atoms with Crippen molar-refractivity contribution in [1.82, 2.24) is 4.90 Å². The van der Waals surface area contributed by atoms with Crippen LogP contribution in [0.25, 0.3) is 0 Å². The SMILES string of the molecule is CC1CCN(C(=O)Cc2ccc(Br)s2)C(C(=O)O)C1. The van der Waals surface area contributed by atoms with E-state index in [1.165, 1.54) is 16.2 Å². The fraction of sp³-hybridized carbons (Fsp3) is 0.538. The number of carbonyl (C=O) groups is 2. The van der Waals surface area contributed by atoms with Crippen molar-refractivity contribution in [2.24, 2.45) is 5.92 Å². The molecule has 1 fully saturated rings. The van der Waals surface area contributed by atoms with Crippen LogP contribution in [0, 0.1) is 5.92 Å². The zero-order valence-corrected chi connectivity index (χ0v) is 13.0. The lowest BCUT2D eigenvalue weighted by atomic mass is 9.92. The van der Waals surface area contributed by atoms with Crippen LogP contribution in [0.2, 0.25) is 0 Å². The second kappa shape index (κ2) is 6.05. The van der Waals surface area contributed by atoms with Crippen molar-refractivity contribution < 1.29 is 14.7 Å². The maximum Gasteiger partial charge on any atom is 0.326 e. The van der Waals surface area contributed by atoms with Crippen LogP contribution in [0.4, 0.5) is 0 Å². The fourth-order valence-electron chi connectivity index (χ4n) is 2.37. The van der Waals surface area contributed by atoms with Crippen LogP contribution in [0.5, 0.6) is 0 Å². The van der Waals surface area contributed by atoms with E-state index < -0.39 is 12.0 Å². The Bertz CT molecular complexity index is 488. The lowest BCUT2D eigenvalue weighted by Crippen LogP contribution is -2.50. The number of hydrogen-bond donors (Lipinski definition) is 1. The number of aliphatic carboxylic acids is 1. The molecule has 1 amide bonds. The van der Waals surface area contributed by atoms with Gasteiger partial charge in [0, 0.05) is 11.4 Å². The highest BCUT2D eigenvalue weighted by Gasteiger charge is 2.34. The molecule has 0 radical (unpaired) electrons. The topological polar surface area (TPSA) is 57.6 Å². The van der Waals surface area contributed by atoms with Gasteiger partial charge in [-0.3, -0.25) is 4.79 Å². The Balaban J connectivity index is 2.06. The molecule has 1 saturated heterocycles. The average Bonchev–Trinajstić information content (AvgIpc) is 2.74. The van der Waals surface area contributed by atoms with Gasteiger partial charge in [0.1, 0.15) is 6.04 Å². The summed E-state index contributed by atoms with van der Waals surface area (Å²) in [6.45, 7) is 2.58. The van der Waals surface area contributed by atoms with Gasteiger partial charge in [0.15, 0.2) is 0 Å². The zero-order valence-electron chi connectivity index (χ0n) is 10.6. The van der Waals surface area contributed by atoms with E-state index in [-0.39, 0.29) is 12.3 Å². The van der Waals surface area contributed by atoms with Crippen molar-refractivity contribution in [3.8, 4) is 0 Å². The van der Waals surface area contributed by atoms with Gasteiger partial charge in [0.25, 0.3) is 0 Å². The molecule has 4 nitrogen and oxygen atoms in total. The number of halogens is 1. The standard InChI is InChI=1S/C13H16BrNO3S/c1-8-4-5-15(10(6-8)13(17)18)12(16)7-9-2-3-11(14)19-9/h2-3,8,10H,4-7H2,1H3,(H,17,18). The molecule has 19 heavy (non-hydrogen) atoms. The first kappa shape index (κ1) is 14.5. The van der Waals surface area contributed by atoms with Crippen LogP contribution in [0.15, 0.2) is 15.9 Å². The monoisotopic (exact) mass is 345 g/mol. The summed E-state index contributed by atoms with van der Waals surface area (Å²) in [6, 6.07) is 3.13. The van der Waals surface area contributed by atoms with E-state index in [2.05, 4.69) is 15.9 Å². The molecule has 2 rings (SSSR count). The molecule has 1 aromatic rings. The molecule has 0 spiro atoms. The molecule has 0 saturated carbocycles. The van der Waals surface area contributed by atoms with E-state index in [1.54, 1.807) is 0 Å². The van der Waals surface area contributed by atoms with E-state index in [0.717, 1.165) is 15.1 Å². The normalized spacial score (nSPS) is 23.4. The zero-order chi connectivity index (χ0) is 14.0.